The van der Waals surface area contributed by atoms with Gasteiger partial charge in [-0.15, -0.1) is 0 Å². The summed E-state index contributed by atoms with van der Waals surface area (Å²) in [6.45, 7) is 4.76. The molecule has 20 heavy (non-hydrogen) atoms. The maximum atomic E-state index is 11.0. The molecule has 3 nitrogen and oxygen atoms in total. The molecule has 4 heteroatoms. The summed E-state index contributed by atoms with van der Waals surface area (Å²) in [5.74, 6) is -1.02. The summed E-state index contributed by atoms with van der Waals surface area (Å²) in [7, 11) is 0. The minimum absolute atomic E-state index is 0.108. The van der Waals surface area contributed by atoms with Gasteiger partial charge >= 0.3 is 5.97 Å². The molecule has 0 amide bonds. The number of carboxylic acid groups (broad SMARTS) is 1. The van der Waals surface area contributed by atoms with E-state index in [0.29, 0.717) is 6.54 Å². The van der Waals surface area contributed by atoms with Crippen LogP contribution in [-0.4, -0.2) is 11.1 Å². The van der Waals surface area contributed by atoms with Gasteiger partial charge in [-0.1, -0.05) is 40.9 Å². The molecule has 104 valence electrons. The number of hydrogen-bond donors (Lipinski definition) is 2. The predicted octanol–water partition coefficient (Wildman–Crippen LogP) is 4.27. The smallest absolute Gasteiger partial charge is 0.337 e. The highest BCUT2D eigenvalue weighted by atomic mass is 35.5. The maximum absolute atomic E-state index is 11.0. The first-order valence-corrected chi connectivity index (χ1v) is 6.67. The molecule has 0 saturated heterocycles. The van der Waals surface area contributed by atoms with E-state index in [0.717, 1.165) is 11.3 Å². The van der Waals surface area contributed by atoms with Crippen molar-refractivity contribution in [3.63, 3.8) is 0 Å². The van der Waals surface area contributed by atoms with Crippen molar-refractivity contribution in [3.05, 3.63) is 63.7 Å². The SMILES string of the molecule is Cc1cc(C)cc(CNc2ccc(Cl)c(C(=O)O)c2)c1. The lowest BCUT2D eigenvalue weighted by Crippen LogP contribution is -2.03. The highest BCUT2D eigenvalue weighted by molar-refractivity contribution is 6.33. The van der Waals surface area contributed by atoms with E-state index in [1.54, 1.807) is 18.2 Å². The Labute approximate surface area is 123 Å². The van der Waals surface area contributed by atoms with Gasteiger partial charge in [-0.2, -0.15) is 0 Å². The Balaban J connectivity index is 2.14. The zero-order valence-electron chi connectivity index (χ0n) is 11.4. The van der Waals surface area contributed by atoms with Gasteiger partial charge in [0.15, 0.2) is 0 Å². The van der Waals surface area contributed by atoms with E-state index < -0.39 is 5.97 Å². The summed E-state index contributed by atoms with van der Waals surface area (Å²) >= 11 is 5.84. The van der Waals surface area contributed by atoms with E-state index in [1.807, 2.05) is 0 Å². The maximum Gasteiger partial charge on any atom is 0.337 e. The number of aryl methyl sites for hydroxylation is 2. The van der Waals surface area contributed by atoms with Crippen LogP contribution in [0.5, 0.6) is 0 Å². The Morgan fingerprint density at radius 3 is 2.40 bits per heavy atom. The Hall–Kier alpha value is -2.00. The van der Waals surface area contributed by atoms with Crippen molar-refractivity contribution < 1.29 is 9.90 Å². The first-order valence-electron chi connectivity index (χ1n) is 6.29. The van der Waals surface area contributed by atoms with E-state index in [9.17, 15) is 4.79 Å². The molecule has 0 heterocycles. The van der Waals surface area contributed by atoms with Gasteiger partial charge in [0, 0.05) is 12.2 Å². The number of anilines is 1. The Morgan fingerprint density at radius 1 is 1.15 bits per heavy atom. The van der Waals surface area contributed by atoms with E-state index in [2.05, 4.69) is 37.4 Å². The van der Waals surface area contributed by atoms with Crippen LogP contribution in [0.4, 0.5) is 5.69 Å². The molecule has 0 spiro atoms. The quantitative estimate of drug-likeness (QED) is 0.884. The number of aromatic carboxylic acids is 1. The first kappa shape index (κ1) is 14.4. The summed E-state index contributed by atoms with van der Waals surface area (Å²) in [5.41, 5.74) is 4.44. The Kier molecular flexibility index (Phi) is 4.30. The van der Waals surface area contributed by atoms with Gasteiger partial charge in [-0.05, 0) is 37.6 Å². The largest absolute Gasteiger partial charge is 0.478 e. The van der Waals surface area contributed by atoms with E-state index >= 15 is 0 Å². The van der Waals surface area contributed by atoms with Crippen LogP contribution in [0, 0.1) is 13.8 Å². The van der Waals surface area contributed by atoms with Crippen LogP contribution in [0.1, 0.15) is 27.0 Å². The molecule has 0 aliphatic carbocycles. The molecular weight excluding hydrogens is 274 g/mol. The molecule has 0 fully saturated rings. The van der Waals surface area contributed by atoms with Gasteiger partial charge in [0.1, 0.15) is 0 Å². The van der Waals surface area contributed by atoms with E-state index in [1.165, 1.54) is 11.1 Å². The molecule has 0 unspecified atom stereocenters. The normalized spacial score (nSPS) is 10.3. The Bertz CT molecular complexity index is 633. The summed E-state index contributed by atoms with van der Waals surface area (Å²) in [5, 5.41) is 12.5. The van der Waals surface area contributed by atoms with Gasteiger partial charge in [0.25, 0.3) is 0 Å². The highest BCUT2D eigenvalue weighted by Crippen LogP contribution is 2.21. The summed E-state index contributed by atoms with van der Waals surface area (Å²) in [4.78, 5) is 11.0. The van der Waals surface area contributed by atoms with Gasteiger partial charge < -0.3 is 10.4 Å². The third-order valence-corrected chi connectivity index (χ3v) is 3.30. The molecule has 0 atom stereocenters. The van der Waals surface area contributed by atoms with Crippen LogP contribution in [0.3, 0.4) is 0 Å². The van der Waals surface area contributed by atoms with Gasteiger partial charge in [-0.3, -0.25) is 0 Å². The number of halogens is 1. The highest BCUT2D eigenvalue weighted by Gasteiger charge is 2.09. The molecule has 2 rings (SSSR count). The van der Waals surface area contributed by atoms with Crippen LogP contribution < -0.4 is 5.32 Å². The van der Waals surface area contributed by atoms with Crippen molar-refractivity contribution in [1.29, 1.82) is 0 Å². The van der Waals surface area contributed by atoms with Crippen molar-refractivity contribution in [2.75, 3.05) is 5.32 Å². The van der Waals surface area contributed by atoms with Crippen molar-refractivity contribution in [2.24, 2.45) is 0 Å². The molecule has 0 saturated carbocycles. The van der Waals surface area contributed by atoms with Crippen LogP contribution in [-0.2, 0) is 6.54 Å². The van der Waals surface area contributed by atoms with E-state index in [4.69, 9.17) is 16.7 Å². The molecule has 0 radical (unpaired) electrons. The van der Waals surface area contributed by atoms with Crippen LogP contribution in [0.25, 0.3) is 0 Å². The lowest BCUT2D eigenvalue weighted by Gasteiger charge is -2.10. The standard InChI is InChI=1S/C16H16ClNO2/c1-10-5-11(2)7-12(6-10)9-18-13-3-4-15(17)14(8-13)16(19)20/h3-8,18H,9H2,1-2H3,(H,19,20). The molecular formula is C16H16ClNO2. The lowest BCUT2D eigenvalue weighted by atomic mass is 10.1. The number of nitrogens with one attached hydrogen (secondary N) is 1. The van der Waals surface area contributed by atoms with Crippen molar-refractivity contribution >= 4 is 23.3 Å². The average molecular weight is 290 g/mol. The predicted molar refractivity (Wildman–Crippen MR) is 81.7 cm³/mol. The summed E-state index contributed by atoms with van der Waals surface area (Å²) < 4.78 is 0. The zero-order chi connectivity index (χ0) is 14.7. The second-order valence-corrected chi connectivity index (χ2v) is 5.26. The van der Waals surface area contributed by atoms with Crippen molar-refractivity contribution in [2.45, 2.75) is 20.4 Å². The molecule has 0 aliphatic rings. The minimum atomic E-state index is -1.02. The lowest BCUT2D eigenvalue weighted by molar-refractivity contribution is 0.0697. The van der Waals surface area contributed by atoms with Crippen molar-refractivity contribution in [1.82, 2.24) is 0 Å². The number of hydrogen-bond acceptors (Lipinski definition) is 2. The number of rotatable bonds is 4. The van der Waals surface area contributed by atoms with Crippen molar-refractivity contribution in [3.8, 4) is 0 Å². The number of benzene rings is 2. The second-order valence-electron chi connectivity index (χ2n) is 4.85. The van der Waals surface area contributed by atoms with Crippen LogP contribution >= 0.6 is 11.6 Å². The molecule has 0 aromatic heterocycles. The zero-order valence-corrected chi connectivity index (χ0v) is 12.2. The summed E-state index contributed by atoms with van der Waals surface area (Å²) in [6, 6.07) is 11.2. The molecule has 2 aromatic rings. The first-order chi connectivity index (χ1) is 9.45. The van der Waals surface area contributed by atoms with Gasteiger partial charge in [0.2, 0.25) is 0 Å². The molecule has 2 aromatic carbocycles. The number of carbonyl (C=O) groups is 1. The van der Waals surface area contributed by atoms with Gasteiger partial charge in [0.05, 0.1) is 10.6 Å². The molecule has 0 aliphatic heterocycles. The fourth-order valence-corrected chi connectivity index (χ4v) is 2.37. The van der Waals surface area contributed by atoms with Gasteiger partial charge in [-0.25, -0.2) is 4.79 Å². The average Bonchev–Trinajstić information content (AvgIpc) is 2.36. The molecule has 0 bridgehead atoms. The topological polar surface area (TPSA) is 49.3 Å². The monoisotopic (exact) mass is 289 g/mol. The van der Waals surface area contributed by atoms with E-state index in [-0.39, 0.29) is 10.6 Å². The third kappa shape index (κ3) is 3.52. The fourth-order valence-electron chi connectivity index (χ4n) is 2.17. The summed E-state index contributed by atoms with van der Waals surface area (Å²) in [6.07, 6.45) is 0. The second kappa shape index (κ2) is 5.97. The Morgan fingerprint density at radius 2 is 1.80 bits per heavy atom. The van der Waals surface area contributed by atoms with Crippen LogP contribution in [0.15, 0.2) is 36.4 Å². The fraction of sp³-hybridized carbons (Fsp3) is 0.188. The minimum Gasteiger partial charge on any atom is -0.478 e. The van der Waals surface area contributed by atoms with Crippen LogP contribution in [0.2, 0.25) is 5.02 Å². The third-order valence-electron chi connectivity index (χ3n) is 2.97. The molecule has 2 N–H and O–H groups in total. The number of carboxylic acids is 1.